The summed E-state index contributed by atoms with van der Waals surface area (Å²) < 4.78 is 10.5. The minimum absolute atomic E-state index is 0.0991. The molecular weight excluding hydrogens is 302 g/mol. The highest BCUT2D eigenvalue weighted by molar-refractivity contribution is 5.95. The first kappa shape index (κ1) is 16.4. The Morgan fingerprint density at radius 3 is 2.08 bits per heavy atom. The van der Waals surface area contributed by atoms with Crippen LogP contribution in [0.1, 0.15) is 41.6 Å². The second kappa shape index (κ2) is 6.95. The Bertz CT molecular complexity index is 684. The van der Waals surface area contributed by atoms with E-state index in [4.69, 9.17) is 9.47 Å². The van der Waals surface area contributed by atoms with E-state index in [2.05, 4.69) is 17.4 Å². The summed E-state index contributed by atoms with van der Waals surface area (Å²) in [4.78, 5) is 12.9. The number of methoxy groups -OCH3 is 2. The lowest BCUT2D eigenvalue weighted by molar-refractivity contribution is 0.0897. The van der Waals surface area contributed by atoms with Crippen LogP contribution in [0.2, 0.25) is 0 Å². The van der Waals surface area contributed by atoms with E-state index in [1.807, 2.05) is 18.2 Å². The number of hydrogen-bond donors (Lipinski definition) is 1. The fourth-order valence-electron chi connectivity index (χ4n) is 3.45. The second-order valence-electron chi connectivity index (χ2n) is 6.21. The molecule has 0 atom stereocenters. The van der Waals surface area contributed by atoms with Crippen molar-refractivity contribution in [2.24, 2.45) is 0 Å². The lowest BCUT2D eigenvalue weighted by atomic mass is 9.88. The average Bonchev–Trinajstić information content (AvgIpc) is 3.11. The number of rotatable bonds is 5. The molecule has 0 spiro atoms. The Balaban J connectivity index is 1.90. The van der Waals surface area contributed by atoms with Crippen LogP contribution in [0.25, 0.3) is 0 Å². The van der Waals surface area contributed by atoms with Gasteiger partial charge in [-0.15, -0.1) is 0 Å². The van der Waals surface area contributed by atoms with E-state index in [1.54, 1.807) is 32.4 Å². The molecule has 2 aromatic rings. The summed E-state index contributed by atoms with van der Waals surface area (Å²) in [6, 6.07) is 15.5. The third-order valence-corrected chi connectivity index (χ3v) is 4.75. The van der Waals surface area contributed by atoms with Crippen molar-refractivity contribution in [3.8, 4) is 11.5 Å². The molecule has 1 saturated carbocycles. The molecule has 0 heterocycles. The van der Waals surface area contributed by atoms with Crippen LogP contribution in [0.5, 0.6) is 11.5 Å². The summed E-state index contributed by atoms with van der Waals surface area (Å²) in [6.07, 6.45) is 4.17. The number of ether oxygens (including phenoxy) is 2. The van der Waals surface area contributed by atoms with Gasteiger partial charge in [0.1, 0.15) is 11.5 Å². The zero-order chi connectivity index (χ0) is 17.0. The van der Waals surface area contributed by atoms with Crippen molar-refractivity contribution in [3.63, 3.8) is 0 Å². The van der Waals surface area contributed by atoms with Crippen LogP contribution in [0, 0.1) is 0 Å². The molecule has 2 aromatic carbocycles. The molecule has 1 amide bonds. The number of hydrogen-bond acceptors (Lipinski definition) is 3. The van der Waals surface area contributed by atoms with Crippen LogP contribution in [-0.4, -0.2) is 20.1 Å². The second-order valence-corrected chi connectivity index (χ2v) is 6.21. The number of carbonyl (C=O) groups is 1. The van der Waals surface area contributed by atoms with E-state index < -0.39 is 0 Å². The Labute approximate surface area is 142 Å². The fourth-order valence-corrected chi connectivity index (χ4v) is 3.45. The molecule has 0 aliphatic heterocycles. The molecule has 0 saturated heterocycles. The summed E-state index contributed by atoms with van der Waals surface area (Å²) in [5.74, 6) is 1.12. The summed E-state index contributed by atoms with van der Waals surface area (Å²) in [5, 5.41) is 3.28. The normalized spacial score (nSPS) is 15.8. The van der Waals surface area contributed by atoms with Crippen molar-refractivity contribution in [1.82, 2.24) is 5.32 Å². The van der Waals surface area contributed by atoms with E-state index in [0.29, 0.717) is 17.1 Å². The summed E-state index contributed by atoms with van der Waals surface area (Å²) in [7, 11) is 3.16. The number of amides is 1. The van der Waals surface area contributed by atoms with Crippen LogP contribution in [0.3, 0.4) is 0 Å². The Morgan fingerprint density at radius 1 is 0.958 bits per heavy atom. The summed E-state index contributed by atoms with van der Waals surface area (Å²) in [5.41, 5.74) is 1.44. The Hall–Kier alpha value is -2.49. The first-order valence-corrected chi connectivity index (χ1v) is 8.28. The van der Waals surface area contributed by atoms with Gasteiger partial charge in [0.25, 0.3) is 5.91 Å². The van der Waals surface area contributed by atoms with Gasteiger partial charge in [0.15, 0.2) is 0 Å². The highest BCUT2D eigenvalue weighted by Crippen LogP contribution is 2.39. The van der Waals surface area contributed by atoms with Crippen LogP contribution in [0.15, 0.2) is 48.5 Å². The van der Waals surface area contributed by atoms with Gasteiger partial charge in [-0.05, 0) is 30.5 Å². The fraction of sp³-hybridized carbons (Fsp3) is 0.350. The Kier molecular flexibility index (Phi) is 4.74. The van der Waals surface area contributed by atoms with Crippen molar-refractivity contribution in [3.05, 3.63) is 59.7 Å². The van der Waals surface area contributed by atoms with Gasteiger partial charge in [-0.2, -0.15) is 0 Å². The zero-order valence-electron chi connectivity index (χ0n) is 14.2. The predicted molar refractivity (Wildman–Crippen MR) is 93.6 cm³/mol. The third kappa shape index (κ3) is 3.23. The van der Waals surface area contributed by atoms with E-state index in [1.165, 1.54) is 5.56 Å². The lowest BCUT2D eigenvalue weighted by Gasteiger charge is -2.31. The van der Waals surface area contributed by atoms with Gasteiger partial charge in [-0.3, -0.25) is 4.79 Å². The van der Waals surface area contributed by atoms with E-state index in [9.17, 15) is 4.79 Å². The van der Waals surface area contributed by atoms with E-state index in [-0.39, 0.29) is 11.4 Å². The maximum Gasteiger partial charge on any atom is 0.252 e. The molecule has 0 aromatic heterocycles. The first-order chi connectivity index (χ1) is 11.7. The maximum absolute atomic E-state index is 12.9. The minimum Gasteiger partial charge on any atom is -0.497 e. The predicted octanol–water partition coefficient (Wildman–Crippen LogP) is 3.90. The molecule has 3 rings (SSSR count). The standard InChI is InChI=1S/C20H23NO3/c1-23-17-12-15(13-18(14-17)24-2)19(22)21-20(10-6-7-11-20)16-8-4-3-5-9-16/h3-5,8-9,12-14H,6-7,10-11H2,1-2H3,(H,21,22). The molecular formula is C20H23NO3. The molecule has 1 N–H and O–H groups in total. The van der Waals surface area contributed by atoms with Gasteiger partial charge in [-0.25, -0.2) is 0 Å². The largest absolute Gasteiger partial charge is 0.497 e. The van der Waals surface area contributed by atoms with Gasteiger partial charge >= 0.3 is 0 Å². The molecule has 0 radical (unpaired) electrons. The first-order valence-electron chi connectivity index (χ1n) is 8.28. The number of carbonyl (C=O) groups excluding carboxylic acids is 1. The van der Waals surface area contributed by atoms with Crippen molar-refractivity contribution in [2.75, 3.05) is 14.2 Å². The van der Waals surface area contributed by atoms with Crippen molar-refractivity contribution >= 4 is 5.91 Å². The van der Waals surface area contributed by atoms with Crippen molar-refractivity contribution < 1.29 is 14.3 Å². The van der Waals surface area contributed by atoms with Crippen LogP contribution in [0.4, 0.5) is 0 Å². The topological polar surface area (TPSA) is 47.6 Å². The van der Waals surface area contributed by atoms with Gasteiger partial charge < -0.3 is 14.8 Å². The zero-order valence-corrected chi connectivity index (χ0v) is 14.2. The monoisotopic (exact) mass is 325 g/mol. The van der Waals surface area contributed by atoms with Gasteiger partial charge in [0, 0.05) is 11.6 Å². The van der Waals surface area contributed by atoms with Crippen LogP contribution < -0.4 is 14.8 Å². The maximum atomic E-state index is 12.9. The van der Waals surface area contributed by atoms with Crippen LogP contribution in [-0.2, 0) is 5.54 Å². The van der Waals surface area contributed by atoms with Gasteiger partial charge in [-0.1, -0.05) is 43.2 Å². The molecule has 126 valence electrons. The smallest absolute Gasteiger partial charge is 0.252 e. The van der Waals surface area contributed by atoms with Crippen molar-refractivity contribution in [2.45, 2.75) is 31.2 Å². The Morgan fingerprint density at radius 2 is 1.54 bits per heavy atom. The number of nitrogens with one attached hydrogen (secondary N) is 1. The van der Waals surface area contributed by atoms with E-state index in [0.717, 1.165) is 25.7 Å². The molecule has 4 nitrogen and oxygen atoms in total. The average molecular weight is 325 g/mol. The quantitative estimate of drug-likeness (QED) is 0.907. The molecule has 0 unspecified atom stereocenters. The van der Waals surface area contributed by atoms with Crippen molar-refractivity contribution in [1.29, 1.82) is 0 Å². The van der Waals surface area contributed by atoms with Gasteiger partial charge in [0.2, 0.25) is 0 Å². The summed E-state index contributed by atoms with van der Waals surface area (Å²) in [6.45, 7) is 0. The molecule has 4 heteroatoms. The molecule has 0 bridgehead atoms. The highest BCUT2D eigenvalue weighted by atomic mass is 16.5. The van der Waals surface area contributed by atoms with Gasteiger partial charge in [0.05, 0.1) is 19.8 Å². The summed E-state index contributed by atoms with van der Waals surface area (Å²) >= 11 is 0. The molecule has 1 aliphatic carbocycles. The number of benzene rings is 2. The third-order valence-electron chi connectivity index (χ3n) is 4.75. The van der Waals surface area contributed by atoms with Crippen LogP contribution >= 0.6 is 0 Å². The minimum atomic E-state index is -0.283. The molecule has 1 aliphatic rings. The SMILES string of the molecule is COc1cc(OC)cc(C(=O)NC2(c3ccccc3)CCCC2)c1. The molecule has 1 fully saturated rings. The highest BCUT2D eigenvalue weighted by Gasteiger charge is 2.37. The molecule has 24 heavy (non-hydrogen) atoms. The van der Waals surface area contributed by atoms with E-state index >= 15 is 0 Å². The lowest BCUT2D eigenvalue weighted by Crippen LogP contribution is -2.43.